The summed E-state index contributed by atoms with van der Waals surface area (Å²) < 4.78 is 18.4. The van der Waals surface area contributed by atoms with Gasteiger partial charge in [0.2, 0.25) is 11.7 Å². The predicted octanol–water partition coefficient (Wildman–Crippen LogP) is 3.18. The molecule has 4 rings (SSSR count). The van der Waals surface area contributed by atoms with E-state index >= 15 is 0 Å². The lowest BCUT2D eigenvalue weighted by atomic mass is 10.2. The van der Waals surface area contributed by atoms with Crippen molar-refractivity contribution in [2.24, 2.45) is 0 Å². The van der Waals surface area contributed by atoms with E-state index in [1.165, 1.54) is 16.9 Å². The summed E-state index contributed by atoms with van der Waals surface area (Å²) in [6.07, 6.45) is 1.57. The number of halogens is 1. The SMILES string of the molecule is Fc1ccc(-c2nnn(Cc3coc(-c4ccccc4)n3)n2)cc1. The molecule has 2 aromatic carbocycles. The number of nitrogens with zero attached hydrogens (tertiary/aromatic N) is 5. The van der Waals surface area contributed by atoms with Crippen molar-refractivity contribution >= 4 is 0 Å². The van der Waals surface area contributed by atoms with E-state index in [1.807, 2.05) is 30.3 Å². The Morgan fingerprint density at radius 1 is 0.958 bits per heavy atom. The molecule has 0 aliphatic heterocycles. The maximum Gasteiger partial charge on any atom is 0.226 e. The van der Waals surface area contributed by atoms with Gasteiger partial charge in [-0.15, -0.1) is 10.2 Å². The zero-order valence-electron chi connectivity index (χ0n) is 12.5. The molecule has 0 fully saturated rings. The van der Waals surface area contributed by atoms with Crippen LogP contribution in [0.4, 0.5) is 4.39 Å². The van der Waals surface area contributed by atoms with Crippen molar-refractivity contribution in [3.05, 3.63) is 72.4 Å². The summed E-state index contributed by atoms with van der Waals surface area (Å²) in [5, 5.41) is 12.2. The molecule has 6 nitrogen and oxygen atoms in total. The van der Waals surface area contributed by atoms with Crippen LogP contribution in [0.5, 0.6) is 0 Å². The molecule has 0 N–H and O–H groups in total. The van der Waals surface area contributed by atoms with E-state index in [0.29, 0.717) is 29.5 Å². The third kappa shape index (κ3) is 2.91. The van der Waals surface area contributed by atoms with Gasteiger partial charge in [-0.25, -0.2) is 9.37 Å². The van der Waals surface area contributed by atoms with E-state index in [2.05, 4.69) is 20.4 Å². The first-order valence-electron chi connectivity index (χ1n) is 7.31. The lowest BCUT2D eigenvalue weighted by molar-refractivity contribution is 0.550. The van der Waals surface area contributed by atoms with Crippen molar-refractivity contribution in [1.29, 1.82) is 0 Å². The normalized spacial score (nSPS) is 10.9. The van der Waals surface area contributed by atoms with E-state index in [1.54, 1.807) is 18.4 Å². The van der Waals surface area contributed by atoms with Crippen LogP contribution in [0.15, 0.2) is 65.3 Å². The summed E-state index contributed by atoms with van der Waals surface area (Å²) in [7, 11) is 0. The van der Waals surface area contributed by atoms with Gasteiger partial charge >= 0.3 is 0 Å². The number of oxazole rings is 1. The van der Waals surface area contributed by atoms with Gasteiger partial charge in [-0.1, -0.05) is 18.2 Å². The Morgan fingerprint density at radius 2 is 1.75 bits per heavy atom. The molecule has 0 saturated carbocycles. The smallest absolute Gasteiger partial charge is 0.226 e. The average Bonchev–Trinajstić information content (AvgIpc) is 3.27. The molecular weight excluding hydrogens is 309 g/mol. The highest BCUT2D eigenvalue weighted by Crippen LogP contribution is 2.18. The Balaban J connectivity index is 1.52. The average molecular weight is 321 g/mol. The molecule has 0 aliphatic carbocycles. The third-order valence-electron chi connectivity index (χ3n) is 3.43. The fourth-order valence-electron chi connectivity index (χ4n) is 2.26. The van der Waals surface area contributed by atoms with Gasteiger partial charge in [0.25, 0.3) is 0 Å². The van der Waals surface area contributed by atoms with Gasteiger partial charge in [-0.2, -0.15) is 4.80 Å². The highest BCUT2D eigenvalue weighted by Gasteiger charge is 2.10. The molecule has 0 spiro atoms. The first kappa shape index (κ1) is 14.3. The van der Waals surface area contributed by atoms with Crippen LogP contribution < -0.4 is 0 Å². The molecule has 0 amide bonds. The van der Waals surface area contributed by atoms with Gasteiger partial charge in [0, 0.05) is 11.1 Å². The number of hydrogen-bond donors (Lipinski definition) is 0. The van der Waals surface area contributed by atoms with Crippen LogP contribution in [0.2, 0.25) is 0 Å². The molecular formula is C17H12FN5O. The molecule has 0 aliphatic rings. The van der Waals surface area contributed by atoms with Gasteiger partial charge in [-0.3, -0.25) is 0 Å². The fourth-order valence-corrected chi connectivity index (χ4v) is 2.26. The van der Waals surface area contributed by atoms with Gasteiger partial charge < -0.3 is 4.42 Å². The summed E-state index contributed by atoms with van der Waals surface area (Å²) in [6, 6.07) is 15.6. The van der Waals surface area contributed by atoms with Gasteiger partial charge in [0.1, 0.15) is 24.3 Å². The minimum Gasteiger partial charge on any atom is -0.444 e. The molecule has 7 heteroatoms. The minimum atomic E-state index is -0.304. The van der Waals surface area contributed by atoms with Gasteiger partial charge in [0.15, 0.2) is 0 Å². The molecule has 0 atom stereocenters. The Kier molecular flexibility index (Phi) is 3.59. The van der Waals surface area contributed by atoms with E-state index < -0.39 is 0 Å². The zero-order valence-corrected chi connectivity index (χ0v) is 12.5. The Hall–Kier alpha value is -3.35. The van der Waals surface area contributed by atoms with Crippen LogP contribution in [0, 0.1) is 5.82 Å². The van der Waals surface area contributed by atoms with Crippen molar-refractivity contribution in [3.8, 4) is 22.8 Å². The molecule has 0 bridgehead atoms. The monoisotopic (exact) mass is 321 g/mol. The molecule has 0 saturated heterocycles. The van der Waals surface area contributed by atoms with Crippen molar-refractivity contribution in [1.82, 2.24) is 25.2 Å². The topological polar surface area (TPSA) is 69.6 Å². The van der Waals surface area contributed by atoms with Crippen LogP contribution in [-0.4, -0.2) is 25.2 Å². The summed E-state index contributed by atoms with van der Waals surface area (Å²) >= 11 is 0. The first-order valence-corrected chi connectivity index (χ1v) is 7.31. The second-order valence-electron chi connectivity index (χ2n) is 5.16. The molecule has 2 aromatic heterocycles. The molecule has 0 radical (unpaired) electrons. The standard InChI is InChI=1S/C17H12FN5O/c18-14-8-6-12(7-9-14)16-20-22-23(21-16)10-15-11-24-17(19-15)13-4-2-1-3-5-13/h1-9,11H,10H2. The lowest BCUT2D eigenvalue weighted by Crippen LogP contribution is -2.04. The van der Waals surface area contributed by atoms with Crippen molar-refractivity contribution in [3.63, 3.8) is 0 Å². The van der Waals surface area contributed by atoms with Crippen molar-refractivity contribution in [2.75, 3.05) is 0 Å². The Labute approximate surface area is 136 Å². The minimum absolute atomic E-state index is 0.304. The maximum absolute atomic E-state index is 13.0. The number of aromatic nitrogens is 5. The van der Waals surface area contributed by atoms with Gasteiger partial charge in [0.05, 0.1) is 0 Å². The van der Waals surface area contributed by atoms with Gasteiger partial charge in [-0.05, 0) is 41.6 Å². The van der Waals surface area contributed by atoms with Crippen molar-refractivity contribution in [2.45, 2.75) is 6.54 Å². The molecule has 24 heavy (non-hydrogen) atoms. The Morgan fingerprint density at radius 3 is 2.54 bits per heavy atom. The number of tetrazole rings is 1. The largest absolute Gasteiger partial charge is 0.444 e. The highest BCUT2D eigenvalue weighted by atomic mass is 19.1. The lowest BCUT2D eigenvalue weighted by Gasteiger charge is -1.95. The van der Waals surface area contributed by atoms with Crippen LogP contribution in [0.3, 0.4) is 0 Å². The van der Waals surface area contributed by atoms with E-state index in [-0.39, 0.29) is 5.82 Å². The zero-order chi connectivity index (χ0) is 16.4. The summed E-state index contributed by atoms with van der Waals surface area (Å²) in [5.74, 6) is 0.674. The number of hydrogen-bond acceptors (Lipinski definition) is 5. The van der Waals surface area contributed by atoms with E-state index in [9.17, 15) is 4.39 Å². The third-order valence-corrected chi connectivity index (χ3v) is 3.43. The molecule has 2 heterocycles. The highest BCUT2D eigenvalue weighted by molar-refractivity contribution is 5.53. The fraction of sp³-hybridized carbons (Fsp3) is 0.0588. The Bertz CT molecular complexity index is 947. The summed E-state index contributed by atoms with van der Waals surface area (Å²) in [4.78, 5) is 5.85. The predicted molar refractivity (Wildman–Crippen MR) is 84.3 cm³/mol. The quantitative estimate of drug-likeness (QED) is 0.577. The maximum atomic E-state index is 13.0. The molecule has 4 aromatic rings. The second kappa shape index (κ2) is 6.04. The second-order valence-corrected chi connectivity index (χ2v) is 5.16. The van der Waals surface area contributed by atoms with E-state index in [4.69, 9.17) is 4.42 Å². The first-order chi connectivity index (χ1) is 11.8. The van der Waals surface area contributed by atoms with Crippen LogP contribution >= 0.6 is 0 Å². The summed E-state index contributed by atoms with van der Waals surface area (Å²) in [5.41, 5.74) is 2.30. The van der Waals surface area contributed by atoms with E-state index in [0.717, 1.165) is 5.56 Å². The van der Waals surface area contributed by atoms with Crippen molar-refractivity contribution < 1.29 is 8.81 Å². The molecule has 118 valence electrons. The molecule has 0 unspecified atom stereocenters. The van der Waals surface area contributed by atoms with Crippen LogP contribution in [-0.2, 0) is 6.54 Å². The number of benzene rings is 2. The van der Waals surface area contributed by atoms with Crippen LogP contribution in [0.1, 0.15) is 5.69 Å². The number of rotatable bonds is 4. The van der Waals surface area contributed by atoms with Crippen LogP contribution in [0.25, 0.3) is 22.8 Å². The summed E-state index contributed by atoms with van der Waals surface area (Å²) in [6.45, 7) is 0.338.